The van der Waals surface area contributed by atoms with E-state index in [1.807, 2.05) is 0 Å². The molecule has 17 nitrogen and oxygen atoms in total. The van der Waals surface area contributed by atoms with E-state index < -0.39 is 97.5 Å². The van der Waals surface area contributed by atoms with Gasteiger partial charge in [0.15, 0.2) is 12.2 Å². The van der Waals surface area contributed by atoms with Crippen LogP contribution in [0.2, 0.25) is 0 Å². The average molecular weight is 1470 g/mol. The molecule has 0 aromatic carbocycles. The van der Waals surface area contributed by atoms with E-state index in [0.717, 1.165) is 114 Å². The van der Waals surface area contributed by atoms with E-state index in [1.54, 1.807) is 0 Å². The molecule has 0 fully saturated rings. The van der Waals surface area contributed by atoms with Gasteiger partial charge in [-0.15, -0.1) is 0 Å². The molecule has 6 atom stereocenters. The highest BCUT2D eigenvalue weighted by molar-refractivity contribution is 7.47. The minimum atomic E-state index is -4.96. The summed E-state index contributed by atoms with van der Waals surface area (Å²) < 4.78 is 68.6. The standard InChI is InChI=1S/C81H158O17P2/c1-9-74(8)60-52-44-36-27-23-19-14-12-10-11-13-15-20-24-28-37-45-53-61-78(83)91-67-76(97-80(85)63-55-47-38-29-25-21-17-16-18-22-26-33-41-49-57-71(2)3)69-95-99(87,88)93-65-75(82)66-94-100(89,90)96-70-77(68-92-79(84)62-54-46-40-32-35-43-51-59-73(6)7)98-81(86)64-56-48-39-31-30-34-42-50-58-72(4)5/h71-77,82H,9-70H2,1-8H3,(H,87,88)(H,89,90)/t74?,75?,76-,77-/m1/s1. The smallest absolute Gasteiger partial charge is 0.462 e. The number of hydrogen-bond acceptors (Lipinski definition) is 15. The molecule has 0 saturated carbocycles. The molecule has 0 aliphatic carbocycles. The summed E-state index contributed by atoms with van der Waals surface area (Å²) in [6.07, 6.45) is 57.1. The Bertz CT molecular complexity index is 1960. The molecular formula is C81H158O17P2. The molecule has 0 aliphatic rings. The van der Waals surface area contributed by atoms with Crippen molar-refractivity contribution in [2.75, 3.05) is 39.6 Å². The molecule has 0 rings (SSSR count). The van der Waals surface area contributed by atoms with Gasteiger partial charge in [-0.2, -0.15) is 0 Å². The summed E-state index contributed by atoms with van der Waals surface area (Å²) in [5, 5.41) is 10.6. The Morgan fingerprint density at radius 3 is 0.710 bits per heavy atom. The van der Waals surface area contributed by atoms with E-state index in [0.29, 0.717) is 31.6 Å². The maximum atomic E-state index is 13.1. The summed E-state index contributed by atoms with van der Waals surface area (Å²) in [7, 11) is -9.92. The molecule has 100 heavy (non-hydrogen) atoms. The lowest BCUT2D eigenvalue weighted by molar-refractivity contribution is -0.161. The second kappa shape index (κ2) is 70.1. The highest BCUT2D eigenvalue weighted by atomic mass is 31.2. The number of aliphatic hydroxyl groups is 1. The van der Waals surface area contributed by atoms with Crippen molar-refractivity contribution >= 4 is 39.5 Å². The average Bonchev–Trinajstić information content (AvgIpc) is 1.13. The number of esters is 4. The lowest BCUT2D eigenvalue weighted by Crippen LogP contribution is -2.30. The predicted octanol–water partition coefficient (Wildman–Crippen LogP) is 24.0. The number of ether oxygens (including phenoxy) is 4. The molecule has 0 spiro atoms. The van der Waals surface area contributed by atoms with Gasteiger partial charge in [0.2, 0.25) is 0 Å². The van der Waals surface area contributed by atoms with Crippen LogP contribution >= 0.6 is 15.6 Å². The Morgan fingerprint density at radius 2 is 0.480 bits per heavy atom. The SMILES string of the molecule is CCC(C)CCCCCCCCCCCCCCCCCCCCC(=O)OC[C@H](COP(=O)(O)OCC(O)COP(=O)(O)OC[C@@H](COC(=O)CCCCCCCCCC(C)C)OC(=O)CCCCCCCCCCC(C)C)OC(=O)CCCCCCCCCCCCCCCCC(C)C. The number of hydrogen-bond donors (Lipinski definition) is 3. The first kappa shape index (κ1) is 98.1. The maximum Gasteiger partial charge on any atom is 0.472 e. The number of phosphoric acid groups is 2. The van der Waals surface area contributed by atoms with Gasteiger partial charge >= 0.3 is 39.5 Å². The summed E-state index contributed by atoms with van der Waals surface area (Å²) in [6.45, 7) is 14.2. The van der Waals surface area contributed by atoms with Crippen molar-refractivity contribution < 1.29 is 80.2 Å². The Kier molecular flexibility index (Phi) is 68.7. The minimum absolute atomic E-state index is 0.104. The van der Waals surface area contributed by atoms with Gasteiger partial charge < -0.3 is 33.8 Å². The van der Waals surface area contributed by atoms with E-state index in [9.17, 15) is 43.2 Å². The van der Waals surface area contributed by atoms with Crippen LogP contribution in [0.15, 0.2) is 0 Å². The van der Waals surface area contributed by atoms with Crippen LogP contribution in [0.3, 0.4) is 0 Å². The lowest BCUT2D eigenvalue weighted by atomic mass is 9.99. The highest BCUT2D eigenvalue weighted by Crippen LogP contribution is 2.45. The third-order valence-electron chi connectivity index (χ3n) is 19.2. The third kappa shape index (κ3) is 73.0. The van der Waals surface area contributed by atoms with E-state index >= 15 is 0 Å². The van der Waals surface area contributed by atoms with Crippen molar-refractivity contribution in [1.29, 1.82) is 0 Å². The molecule has 19 heteroatoms. The second-order valence-corrected chi connectivity index (χ2v) is 33.7. The first-order valence-electron chi connectivity index (χ1n) is 41.7. The molecule has 0 amide bonds. The zero-order valence-electron chi connectivity index (χ0n) is 65.8. The zero-order valence-corrected chi connectivity index (χ0v) is 67.6. The van der Waals surface area contributed by atoms with Crippen LogP contribution in [0.25, 0.3) is 0 Å². The van der Waals surface area contributed by atoms with Gasteiger partial charge in [0.1, 0.15) is 19.3 Å². The maximum absolute atomic E-state index is 13.1. The van der Waals surface area contributed by atoms with Gasteiger partial charge in [0.05, 0.1) is 26.4 Å². The summed E-state index contributed by atoms with van der Waals surface area (Å²) in [5.41, 5.74) is 0. The van der Waals surface area contributed by atoms with E-state index in [2.05, 4.69) is 55.4 Å². The van der Waals surface area contributed by atoms with Crippen LogP contribution in [0.4, 0.5) is 0 Å². The molecule has 0 aliphatic heterocycles. The fourth-order valence-electron chi connectivity index (χ4n) is 12.4. The van der Waals surface area contributed by atoms with Crippen molar-refractivity contribution in [1.82, 2.24) is 0 Å². The van der Waals surface area contributed by atoms with E-state index in [-0.39, 0.29) is 25.7 Å². The second-order valence-electron chi connectivity index (χ2n) is 30.8. The number of rotatable bonds is 78. The Labute approximate surface area is 613 Å². The number of unbranched alkanes of at least 4 members (excludes halogenated alkanes) is 43. The molecule has 4 unspecified atom stereocenters. The van der Waals surface area contributed by atoms with Gasteiger partial charge in [-0.25, -0.2) is 9.13 Å². The van der Waals surface area contributed by atoms with E-state index in [1.165, 1.54) is 212 Å². The number of aliphatic hydroxyl groups excluding tert-OH is 1. The largest absolute Gasteiger partial charge is 0.472 e. The third-order valence-corrected chi connectivity index (χ3v) is 21.1. The molecule has 0 aromatic heterocycles. The summed E-state index contributed by atoms with van der Waals surface area (Å²) in [4.78, 5) is 72.9. The molecule has 0 bridgehead atoms. The minimum Gasteiger partial charge on any atom is -0.462 e. The normalized spacial score (nSPS) is 14.3. The van der Waals surface area contributed by atoms with Crippen LogP contribution in [0.5, 0.6) is 0 Å². The molecule has 0 heterocycles. The topological polar surface area (TPSA) is 237 Å². The van der Waals surface area contributed by atoms with Crippen molar-refractivity contribution in [3.05, 3.63) is 0 Å². The molecule has 3 N–H and O–H groups in total. The predicted molar refractivity (Wildman–Crippen MR) is 409 cm³/mol. The number of carbonyl (C=O) groups is 4. The Balaban J connectivity index is 5.19. The quantitative estimate of drug-likeness (QED) is 0.0222. The van der Waals surface area contributed by atoms with Crippen molar-refractivity contribution in [3.63, 3.8) is 0 Å². The van der Waals surface area contributed by atoms with Gasteiger partial charge in [-0.3, -0.25) is 37.3 Å². The van der Waals surface area contributed by atoms with Crippen molar-refractivity contribution in [2.45, 2.75) is 433 Å². The highest BCUT2D eigenvalue weighted by Gasteiger charge is 2.30. The van der Waals surface area contributed by atoms with Gasteiger partial charge in [0, 0.05) is 25.7 Å². The lowest BCUT2D eigenvalue weighted by Gasteiger charge is -2.21. The molecule has 0 radical (unpaired) electrons. The molecule has 594 valence electrons. The number of carbonyl (C=O) groups excluding carboxylic acids is 4. The zero-order chi connectivity index (χ0) is 73.8. The molecular weight excluding hydrogens is 1310 g/mol. The first-order valence-corrected chi connectivity index (χ1v) is 44.7. The monoisotopic (exact) mass is 1470 g/mol. The van der Waals surface area contributed by atoms with Crippen LogP contribution in [-0.4, -0.2) is 96.7 Å². The van der Waals surface area contributed by atoms with Crippen LogP contribution in [0.1, 0.15) is 415 Å². The van der Waals surface area contributed by atoms with E-state index in [4.69, 9.17) is 37.0 Å². The van der Waals surface area contributed by atoms with Crippen LogP contribution in [-0.2, 0) is 65.4 Å². The number of phosphoric ester groups is 2. The van der Waals surface area contributed by atoms with Crippen LogP contribution < -0.4 is 0 Å². The van der Waals surface area contributed by atoms with Gasteiger partial charge in [0.25, 0.3) is 0 Å². The van der Waals surface area contributed by atoms with Crippen molar-refractivity contribution in [3.8, 4) is 0 Å². The fourth-order valence-corrected chi connectivity index (χ4v) is 14.0. The van der Waals surface area contributed by atoms with Crippen LogP contribution in [0, 0.1) is 23.7 Å². The molecule has 0 saturated heterocycles. The van der Waals surface area contributed by atoms with Gasteiger partial charge in [-0.05, 0) is 49.4 Å². The Hall–Kier alpha value is -1.94. The van der Waals surface area contributed by atoms with Gasteiger partial charge in [-0.1, -0.05) is 364 Å². The molecule has 0 aromatic rings. The summed E-state index contributed by atoms with van der Waals surface area (Å²) in [5.74, 6) is 0.974. The fraction of sp³-hybridized carbons (Fsp3) is 0.951. The van der Waals surface area contributed by atoms with Crippen molar-refractivity contribution in [2.24, 2.45) is 23.7 Å². The Morgan fingerprint density at radius 1 is 0.280 bits per heavy atom. The summed E-state index contributed by atoms with van der Waals surface area (Å²) >= 11 is 0. The first-order chi connectivity index (χ1) is 48.1. The summed E-state index contributed by atoms with van der Waals surface area (Å²) in [6, 6.07) is 0.